The van der Waals surface area contributed by atoms with Crippen LogP contribution in [0.5, 0.6) is 5.88 Å². The van der Waals surface area contributed by atoms with E-state index >= 15 is 0 Å². The zero-order valence-corrected chi connectivity index (χ0v) is 13.6. The number of carbonyl (C=O) groups excluding carboxylic acids is 3. The average molecular weight is 344 g/mol. The van der Waals surface area contributed by atoms with Crippen LogP contribution >= 0.6 is 0 Å². The molecule has 2 amide bonds. The van der Waals surface area contributed by atoms with Crippen LogP contribution in [0.1, 0.15) is 26.4 Å². The van der Waals surface area contributed by atoms with Gasteiger partial charge < -0.3 is 9.47 Å². The summed E-state index contributed by atoms with van der Waals surface area (Å²) < 4.78 is 9.62. The molecule has 0 atom stereocenters. The number of ether oxygens (including phenoxy) is 2. The molecule has 0 radical (unpaired) electrons. The van der Waals surface area contributed by atoms with Crippen LogP contribution in [0.2, 0.25) is 0 Å². The first kappa shape index (κ1) is 17.9. The lowest BCUT2D eigenvalue weighted by Crippen LogP contribution is -2.43. The van der Waals surface area contributed by atoms with Crippen LogP contribution in [0, 0.1) is 6.92 Å². The SMILES string of the molecule is COc1cncc(C(=O)OCC(=O)NNC(=O)c2cccc(C)c2)n1. The fraction of sp³-hybridized carbons (Fsp3) is 0.188. The van der Waals surface area contributed by atoms with E-state index in [0.29, 0.717) is 5.56 Å². The summed E-state index contributed by atoms with van der Waals surface area (Å²) in [7, 11) is 1.38. The average Bonchev–Trinajstić information content (AvgIpc) is 2.64. The van der Waals surface area contributed by atoms with Crippen LogP contribution in [-0.4, -0.2) is 41.5 Å². The molecule has 130 valence electrons. The minimum absolute atomic E-state index is 0.101. The quantitative estimate of drug-likeness (QED) is 0.595. The third kappa shape index (κ3) is 5.27. The number of rotatable bonds is 5. The molecule has 2 N–H and O–H groups in total. The first-order chi connectivity index (χ1) is 12.0. The highest BCUT2D eigenvalue weighted by Gasteiger charge is 2.14. The Hall–Kier alpha value is -3.49. The van der Waals surface area contributed by atoms with Crippen molar-refractivity contribution in [1.82, 2.24) is 20.8 Å². The van der Waals surface area contributed by atoms with Crippen LogP contribution in [0.3, 0.4) is 0 Å². The van der Waals surface area contributed by atoms with E-state index in [2.05, 4.69) is 20.8 Å². The Morgan fingerprint density at radius 2 is 1.96 bits per heavy atom. The van der Waals surface area contributed by atoms with E-state index in [9.17, 15) is 14.4 Å². The number of hydrogen-bond acceptors (Lipinski definition) is 7. The second-order valence-electron chi connectivity index (χ2n) is 4.89. The van der Waals surface area contributed by atoms with E-state index in [1.165, 1.54) is 19.5 Å². The van der Waals surface area contributed by atoms with Gasteiger partial charge in [-0.25, -0.2) is 9.78 Å². The van der Waals surface area contributed by atoms with Gasteiger partial charge in [0.25, 0.3) is 11.8 Å². The first-order valence-corrected chi connectivity index (χ1v) is 7.18. The van der Waals surface area contributed by atoms with Gasteiger partial charge in [0.15, 0.2) is 12.3 Å². The molecule has 0 aliphatic rings. The van der Waals surface area contributed by atoms with E-state index in [-0.39, 0.29) is 11.6 Å². The summed E-state index contributed by atoms with van der Waals surface area (Å²) in [5.41, 5.74) is 5.58. The number of amides is 2. The largest absolute Gasteiger partial charge is 0.480 e. The molecular formula is C16H16N4O5. The number of methoxy groups -OCH3 is 1. The van der Waals surface area contributed by atoms with Gasteiger partial charge >= 0.3 is 5.97 Å². The van der Waals surface area contributed by atoms with Crippen molar-refractivity contribution in [1.29, 1.82) is 0 Å². The minimum atomic E-state index is -0.841. The van der Waals surface area contributed by atoms with Gasteiger partial charge in [0.05, 0.1) is 19.5 Å². The highest BCUT2D eigenvalue weighted by molar-refractivity contribution is 5.96. The molecule has 0 aliphatic carbocycles. The van der Waals surface area contributed by atoms with Gasteiger partial charge in [0.1, 0.15) is 0 Å². The highest BCUT2D eigenvalue weighted by Crippen LogP contribution is 2.05. The molecule has 0 fully saturated rings. The smallest absolute Gasteiger partial charge is 0.359 e. The molecule has 9 heteroatoms. The number of benzene rings is 1. The van der Waals surface area contributed by atoms with Gasteiger partial charge in [-0.15, -0.1) is 0 Å². The van der Waals surface area contributed by atoms with E-state index in [1.807, 2.05) is 13.0 Å². The molecule has 0 bridgehead atoms. The summed E-state index contributed by atoms with van der Waals surface area (Å²) in [6.45, 7) is 1.25. The lowest BCUT2D eigenvalue weighted by atomic mass is 10.1. The van der Waals surface area contributed by atoms with Gasteiger partial charge in [-0.05, 0) is 19.1 Å². The van der Waals surface area contributed by atoms with Gasteiger partial charge in [-0.3, -0.25) is 25.4 Å². The number of esters is 1. The summed E-state index contributed by atoms with van der Waals surface area (Å²) >= 11 is 0. The van der Waals surface area contributed by atoms with E-state index in [0.717, 1.165) is 5.56 Å². The van der Waals surface area contributed by atoms with Crippen molar-refractivity contribution in [2.24, 2.45) is 0 Å². The maximum absolute atomic E-state index is 11.9. The molecule has 1 aromatic heterocycles. The van der Waals surface area contributed by atoms with Gasteiger partial charge in [0.2, 0.25) is 5.88 Å². The standard InChI is InChI=1S/C16H16N4O5/c1-10-4-3-5-11(6-10)15(22)20-19-13(21)9-25-16(23)12-7-17-8-14(18-12)24-2/h3-8H,9H2,1-2H3,(H,19,21)(H,20,22). The predicted octanol–water partition coefficient (Wildman–Crippen LogP) is 0.412. The summed E-state index contributed by atoms with van der Waals surface area (Å²) in [5.74, 6) is -1.89. The number of carbonyl (C=O) groups is 3. The van der Waals surface area contributed by atoms with Crippen molar-refractivity contribution in [3.05, 3.63) is 53.5 Å². The van der Waals surface area contributed by atoms with Crippen molar-refractivity contribution < 1.29 is 23.9 Å². The molecule has 2 rings (SSSR count). The van der Waals surface area contributed by atoms with Crippen LogP contribution in [-0.2, 0) is 9.53 Å². The van der Waals surface area contributed by atoms with E-state index in [4.69, 9.17) is 9.47 Å². The third-order valence-electron chi connectivity index (χ3n) is 2.96. The molecule has 0 saturated heterocycles. The summed E-state index contributed by atoms with van der Waals surface area (Å²) in [5, 5.41) is 0. The Kier molecular flexibility index (Phi) is 5.99. The molecular weight excluding hydrogens is 328 g/mol. The van der Waals surface area contributed by atoms with Gasteiger partial charge in [0, 0.05) is 5.56 Å². The van der Waals surface area contributed by atoms with Crippen LogP contribution in [0.4, 0.5) is 0 Å². The molecule has 0 saturated carbocycles. The molecule has 0 spiro atoms. The monoisotopic (exact) mass is 344 g/mol. The molecule has 0 unspecified atom stereocenters. The number of nitrogens with one attached hydrogen (secondary N) is 2. The molecule has 1 heterocycles. The topological polar surface area (TPSA) is 120 Å². The molecule has 0 aliphatic heterocycles. The maximum Gasteiger partial charge on any atom is 0.359 e. The molecule has 25 heavy (non-hydrogen) atoms. The predicted molar refractivity (Wildman–Crippen MR) is 85.7 cm³/mol. The number of hydrazine groups is 1. The Morgan fingerprint density at radius 3 is 2.68 bits per heavy atom. The fourth-order valence-electron chi connectivity index (χ4n) is 1.77. The summed E-state index contributed by atoms with van der Waals surface area (Å²) in [4.78, 5) is 42.9. The second-order valence-corrected chi connectivity index (χ2v) is 4.89. The third-order valence-corrected chi connectivity index (χ3v) is 2.96. The number of aryl methyl sites for hydroxylation is 1. The lowest BCUT2D eigenvalue weighted by Gasteiger charge is -2.08. The zero-order valence-electron chi connectivity index (χ0n) is 13.6. The van der Waals surface area contributed by atoms with Crippen LogP contribution < -0.4 is 15.6 Å². The van der Waals surface area contributed by atoms with Crippen molar-refractivity contribution in [2.75, 3.05) is 13.7 Å². The summed E-state index contributed by atoms with van der Waals surface area (Å²) in [6, 6.07) is 6.85. The van der Waals surface area contributed by atoms with E-state index in [1.54, 1.807) is 18.2 Å². The van der Waals surface area contributed by atoms with Crippen LogP contribution in [0.25, 0.3) is 0 Å². The Bertz CT molecular complexity index is 794. The van der Waals surface area contributed by atoms with Crippen molar-refractivity contribution in [3.63, 3.8) is 0 Å². The van der Waals surface area contributed by atoms with Crippen LogP contribution in [0.15, 0.2) is 36.7 Å². The van der Waals surface area contributed by atoms with Crippen molar-refractivity contribution >= 4 is 17.8 Å². The Morgan fingerprint density at radius 1 is 1.16 bits per heavy atom. The zero-order chi connectivity index (χ0) is 18.2. The van der Waals surface area contributed by atoms with Gasteiger partial charge in [-0.1, -0.05) is 17.7 Å². The Balaban J connectivity index is 1.80. The number of nitrogens with zero attached hydrogens (tertiary/aromatic N) is 2. The molecule has 1 aromatic carbocycles. The second kappa shape index (κ2) is 8.39. The number of hydrogen-bond donors (Lipinski definition) is 2. The normalized spacial score (nSPS) is 9.84. The van der Waals surface area contributed by atoms with Crippen molar-refractivity contribution in [2.45, 2.75) is 6.92 Å². The minimum Gasteiger partial charge on any atom is -0.480 e. The lowest BCUT2D eigenvalue weighted by molar-refractivity contribution is -0.125. The summed E-state index contributed by atoms with van der Waals surface area (Å²) in [6.07, 6.45) is 2.51. The van der Waals surface area contributed by atoms with E-state index < -0.39 is 24.4 Å². The first-order valence-electron chi connectivity index (χ1n) is 7.18. The maximum atomic E-state index is 11.9. The van der Waals surface area contributed by atoms with Gasteiger partial charge in [-0.2, -0.15) is 0 Å². The highest BCUT2D eigenvalue weighted by atomic mass is 16.5. The Labute approximate surface area is 143 Å². The van der Waals surface area contributed by atoms with Crippen molar-refractivity contribution in [3.8, 4) is 5.88 Å². The molecule has 9 nitrogen and oxygen atoms in total. The number of aromatic nitrogens is 2. The fourth-order valence-corrected chi connectivity index (χ4v) is 1.77. The molecule has 2 aromatic rings.